The number of pyridine rings is 1. The zero-order valence-corrected chi connectivity index (χ0v) is 13.9. The Bertz CT molecular complexity index is 880. The number of carbonyl (C=O) groups excluding carboxylic acids is 1. The summed E-state index contributed by atoms with van der Waals surface area (Å²) in [6.07, 6.45) is 8.02. The summed E-state index contributed by atoms with van der Waals surface area (Å²) in [5.41, 5.74) is 1.55. The van der Waals surface area contributed by atoms with Gasteiger partial charge < -0.3 is 15.4 Å². The molecule has 1 saturated carbocycles. The number of nitrogens with zero attached hydrogens (tertiary/aromatic N) is 1. The highest BCUT2D eigenvalue weighted by Gasteiger charge is 2.35. The quantitative estimate of drug-likeness (QED) is 0.688. The number of H-pyrrole nitrogens is 1. The van der Waals surface area contributed by atoms with Gasteiger partial charge in [-0.25, -0.2) is 0 Å². The normalized spacial score (nSPS) is 23.5. The van der Waals surface area contributed by atoms with Crippen LogP contribution in [0.5, 0.6) is 0 Å². The molecule has 128 valence electrons. The van der Waals surface area contributed by atoms with E-state index < -0.39 is 5.60 Å². The van der Waals surface area contributed by atoms with E-state index in [4.69, 9.17) is 0 Å². The number of carbonyl (C=O) groups is 1. The molecule has 4 rings (SSSR count). The summed E-state index contributed by atoms with van der Waals surface area (Å²) in [4.78, 5) is 19.9. The van der Waals surface area contributed by atoms with E-state index in [1.54, 1.807) is 12.4 Å². The van der Waals surface area contributed by atoms with Gasteiger partial charge in [0.25, 0.3) is 5.91 Å². The third kappa shape index (κ3) is 3.03. The molecule has 0 atom stereocenters. The average molecular weight is 335 g/mol. The maximum absolute atomic E-state index is 12.7. The number of hydrogen-bond donors (Lipinski definition) is 3. The highest BCUT2D eigenvalue weighted by atomic mass is 16.3. The fraction of sp³-hybridized carbons (Fsp3) is 0.300. The molecule has 1 amide bonds. The van der Waals surface area contributed by atoms with Crippen molar-refractivity contribution >= 4 is 16.8 Å². The number of hydrogen-bond acceptors (Lipinski definition) is 3. The maximum Gasteiger partial charge on any atom is 0.253 e. The van der Waals surface area contributed by atoms with E-state index in [1.165, 1.54) is 0 Å². The molecule has 1 aliphatic carbocycles. The summed E-state index contributed by atoms with van der Waals surface area (Å²) in [5.74, 6) is -0.0649. The lowest BCUT2D eigenvalue weighted by Crippen LogP contribution is -2.42. The van der Waals surface area contributed by atoms with Crippen LogP contribution in [0.25, 0.3) is 10.9 Å². The zero-order chi connectivity index (χ0) is 17.3. The lowest BCUT2D eigenvalue weighted by Gasteiger charge is -2.36. The van der Waals surface area contributed by atoms with Gasteiger partial charge >= 0.3 is 0 Å². The first kappa shape index (κ1) is 15.8. The van der Waals surface area contributed by atoms with Crippen molar-refractivity contribution in [3.05, 3.63) is 66.1 Å². The second-order valence-corrected chi connectivity index (χ2v) is 6.77. The van der Waals surface area contributed by atoms with Crippen molar-refractivity contribution in [2.45, 2.75) is 37.3 Å². The second kappa shape index (κ2) is 6.33. The molecule has 5 heteroatoms. The molecule has 0 aliphatic heterocycles. The number of amides is 1. The average Bonchev–Trinajstić information content (AvgIpc) is 3.13. The van der Waals surface area contributed by atoms with Gasteiger partial charge in [-0.1, -0.05) is 18.2 Å². The third-order valence-electron chi connectivity index (χ3n) is 5.18. The fourth-order valence-corrected chi connectivity index (χ4v) is 3.70. The van der Waals surface area contributed by atoms with Crippen LogP contribution in [0, 0.1) is 0 Å². The lowest BCUT2D eigenvalue weighted by atomic mass is 9.78. The van der Waals surface area contributed by atoms with Crippen LogP contribution < -0.4 is 5.32 Å². The minimum absolute atomic E-state index is 0.0649. The molecule has 1 aliphatic rings. The van der Waals surface area contributed by atoms with E-state index in [9.17, 15) is 9.90 Å². The van der Waals surface area contributed by atoms with Crippen molar-refractivity contribution in [2.75, 3.05) is 0 Å². The molecule has 0 saturated heterocycles. The molecule has 3 N–H and O–H groups in total. The van der Waals surface area contributed by atoms with Crippen molar-refractivity contribution in [3.63, 3.8) is 0 Å². The van der Waals surface area contributed by atoms with Gasteiger partial charge in [-0.15, -0.1) is 0 Å². The van der Waals surface area contributed by atoms with Gasteiger partial charge in [0.2, 0.25) is 0 Å². The van der Waals surface area contributed by atoms with Gasteiger partial charge in [-0.05, 0) is 43.9 Å². The molecule has 0 bridgehead atoms. The predicted octanol–water partition coefficient (Wildman–Crippen LogP) is 3.12. The van der Waals surface area contributed by atoms with Crippen LogP contribution in [0.15, 0.2) is 55.0 Å². The minimum atomic E-state index is -0.838. The van der Waals surface area contributed by atoms with Crippen LogP contribution in [0.4, 0.5) is 0 Å². The van der Waals surface area contributed by atoms with Crippen molar-refractivity contribution in [2.24, 2.45) is 0 Å². The molecule has 1 aromatic carbocycles. The fourth-order valence-electron chi connectivity index (χ4n) is 3.70. The van der Waals surface area contributed by atoms with Gasteiger partial charge in [-0.2, -0.15) is 0 Å². The number of para-hydroxylation sites is 1. The number of rotatable bonds is 3. The van der Waals surface area contributed by atoms with Gasteiger partial charge in [0.05, 0.1) is 16.7 Å². The Balaban J connectivity index is 1.44. The number of benzene rings is 1. The molecule has 2 heterocycles. The van der Waals surface area contributed by atoms with Crippen LogP contribution in [0.1, 0.15) is 41.6 Å². The van der Waals surface area contributed by atoms with E-state index in [0.717, 1.165) is 29.3 Å². The molecule has 3 aromatic rings. The highest BCUT2D eigenvalue weighted by molar-refractivity contribution is 6.05. The highest BCUT2D eigenvalue weighted by Crippen LogP contribution is 2.36. The van der Waals surface area contributed by atoms with Gasteiger partial charge in [0.15, 0.2) is 0 Å². The Morgan fingerprint density at radius 2 is 2.04 bits per heavy atom. The van der Waals surface area contributed by atoms with Crippen molar-refractivity contribution in [1.82, 2.24) is 15.3 Å². The van der Waals surface area contributed by atoms with E-state index in [2.05, 4.69) is 15.3 Å². The third-order valence-corrected chi connectivity index (χ3v) is 5.18. The Morgan fingerprint density at radius 1 is 1.20 bits per heavy atom. The zero-order valence-electron chi connectivity index (χ0n) is 13.9. The molecule has 25 heavy (non-hydrogen) atoms. The van der Waals surface area contributed by atoms with Crippen LogP contribution in [0.2, 0.25) is 0 Å². The summed E-state index contributed by atoms with van der Waals surface area (Å²) in [5, 5.41) is 15.0. The lowest BCUT2D eigenvalue weighted by molar-refractivity contribution is -0.00831. The van der Waals surface area contributed by atoms with E-state index in [-0.39, 0.29) is 11.9 Å². The van der Waals surface area contributed by atoms with Crippen molar-refractivity contribution in [1.29, 1.82) is 0 Å². The first-order valence-electron chi connectivity index (χ1n) is 8.66. The molecular weight excluding hydrogens is 314 g/mol. The Labute approximate surface area is 146 Å². The van der Waals surface area contributed by atoms with Crippen molar-refractivity contribution in [3.8, 4) is 0 Å². The molecule has 5 nitrogen and oxygen atoms in total. The summed E-state index contributed by atoms with van der Waals surface area (Å²) in [6.45, 7) is 0. The number of aromatic amines is 1. The Kier molecular flexibility index (Phi) is 4.01. The van der Waals surface area contributed by atoms with E-state index in [0.29, 0.717) is 18.4 Å². The molecule has 0 spiro atoms. The van der Waals surface area contributed by atoms with Crippen LogP contribution in [-0.2, 0) is 5.60 Å². The number of aromatic nitrogens is 2. The summed E-state index contributed by atoms with van der Waals surface area (Å²) < 4.78 is 0. The summed E-state index contributed by atoms with van der Waals surface area (Å²) in [7, 11) is 0. The summed E-state index contributed by atoms with van der Waals surface area (Å²) in [6, 6.07) is 11.5. The smallest absolute Gasteiger partial charge is 0.253 e. The molecule has 1 fully saturated rings. The van der Waals surface area contributed by atoms with Crippen LogP contribution in [0.3, 0.4) is 0 Å². The Morgan fingerprint density at radius 3 is 2.80 bits per heavy atom. The van der Waals surface area contributed by atoms with E-state index >= 15 is 0 Å². The van der Waals surface area contributed by atoms with Gasteiger partial charge in [0, 0.05) is 35.6 Å². The second-order valence-electron chi connectivity index (χ2n) is 6.77. The first-order valence-corrected chi connectivity index (χ1v) is 8.66. The molecule has 0 radical (unpaired) electrons. The van der Waals surface area contributed by atoms with Crippen molar-refractivity contribution < 1.29 is 9.90 Å². The summed E-state index contributed by atoms with van der Waals surface area (Å²) >= 11 is 0. The van der Waals surface area contributed by atoms with Gasteiger partial charge in [-0.3, -0.25) is 9.78 Å². The number of nitrogens with one attached hydrogen (secondary N) is 2. The Hall–Kier alpha value is -2.66. The maximum atomic E-state index is 12.7. The predicted molar refractivity (Wildman–Crippen MR) is 96.2 cm³/mol. The largest absolute Gasteiger partial charge is 0.385 e. The number of aliphatic hydroxyl groups is 1. The monoisotopic (exact) mass is 335 g/mol. The molecular formula is C20H21N3O2. The van der Waals surface area contributed by atoms with E-state index in [1.807, 2.05) is 42.6 Å². The van der Waals surface area contributed by atoms with Crippen LogP contribution >= 0.6 is 0 Å². The number of fused-ring (bicyclic) bond motifs is 1. The van der Waals surface area contributed by atoms with Gasteiger partial charge in [0.1, 0.15) is 0 Å². The standard InChI is InChI=1S/C20H21N3O2/c24-19(17-5-1-3-14-8-12-22-18(14)17)23-16-6-9-20(25,10-7-16)15-4-2-11-21-13-15/h1-5,8,11-13,16,22,25H,6-7,9-10H2,(H,23,24). The topological polar surface area (TPSA) is 78.0 Å². The van der Waals surface area contributed by atoms with Crippen LogP contribution in [-0.4, -0.2) is 27.0 Å². The molecule has 0 unspecified atom stereocenters. The first-order chi connectivity index (χ1) is 12.2. The minimum Gasteiger partial charge on any atom is -0.385 e. The molecule has 2 aromatic heterocycles. The SMILES string of the molecule is O=C(NC1CCC(O)(c2cccnc2)CC1)c1cccc2cc[nH]c12.